The molecule has 0 unspecified atom stereocenters. The lowest BCUT2D eigenvalue weighted by Gasteiger charge is -2.22. The normalized spacial score (nSPS) is 13.3. The molecule has 156 valence electrons. The van der Waals surface area contributed by atoms with Crippen LogP contribution in [-0.2, 0) is 9.59 Å². The van der Waals surface area contributed by atoms with Gasteiger partial charge in [-0.25, -0.2) is 0 Å². The van der Waals surface area contributed by atoms with Gasteiger partial charge in [0.05, 0.1) is 23.5 Å². The summed E-state index contributed by atoms with van der Waals surface area (Å²) in [4.78, 5) is 32.3. The van der Waals surface area contributed by atoms with E-state index in [1.807, 2.05) is 68.4 Å². The number of hydrogen-bond acceptors (Lipinski definition) is 3. The highest BCUT2D eigenvalue weighted by atomic mass is 35.5. The highest BCUT2D eigenvalue weighted by Gasteiger charge is 2.26. The molecule has 1 aliphatic rings. The fourth-order valence-corrected chi connectivity index (χ4v) is 3.67. The molecule has 6 heteroatoms. The van der Waals surface area contributed by atoms with Gasteiger partial charge in [-0.05, 0) is 60.9 Å². The summed E-state index contributed by atoms with van der Waals surface area (Å²) < 4.78 is 0. The largest absolute Gasteiger partial charge is 0.324 e. The lowest BCUT2D eigenvalue weighted by Crippen LogP contribution is -2.38. The topological polar surface area (TPSA) is 61.8 Å². The van der Waals surface area contributed by atoms with Crippen molar-refractivity contribution in [3.63, 3.8) is 0 Å². The monoisotopic (exact) mass is 431 g/mol. The van der Waals surface area contributed by atoms with E-state index in [1.54, 1.807) is 12.1 Å². The third-order valence-corrected chi connectivity index (χ3v) is 5.66. The highest BCUT2D eigenvalue weighted by molar-refractivity contribution is 6.30. The Balaban J connectivity index is 1.61. The van der Waals surface area contributed by atoms with Crippen molar-refractivity contribution >= 4 is 46.2 Å². The Morgan fingerprint density at radius 1 is 1.03 bits per heavy atom. The number of para-hydroxylation sites is 2. The van der Waals surface area contributed by atoms with Crippen LogP contribution in [0.3, 0.4) is 0 Å². The molecule has 31 heavy (non-hydrogen) atoms. The number of nitrogens with zero attached hydrogens (tertiary/aromatic N) is 2. The number of amides is 2. The van der Waals surface area contributed by atoms with Gasteiger partial charge in [0, 0.05) is 10.7 Å². The second kappa shape index (κ2) is 8.74. The summed E-state index contributed by atoms with van der Waals surface area (Å²) in [6, 6.07) is 20.4. The van der Waals surface area contributed by atoms with Gasteiger partial charge in [-0.15, -0.1) is 0 Å². The van der Waals surface area contributed by atoms with Crippen molar-refractivity contribution < 1.29 is 9.59 Å². The zero-order valence-corrected chi connectivity index (χ0v) is 18.1. The van der Waals surface area contributed by atoms with E-state index in [2.05, 4.69) is 5.32 Å². The van der Waals surface area contributed by atoms with Crippen molar-refractivity contribution in [2.75, 3.05) is 16.8 Å². The van der Waals surface area contributed by atoms with E-state index in [9.17, 15) is 9.59 Å². The number of benzene rings is 3. The van der Waals surface area contributed by atoms with E-state index in [1.165, 1.54) is 4.90 Å². The van der Waals surface area contributed by atoms with Crippen LogP contribution in [0.15, 0.2) is 71.7 Å². The first-order valence-electron chi connectivity index (χ1n) is 10.0. The molecule has 1 N–H and O–H groups in total. The first kappa shape index (κ1) is 20.8. The SMILES string of the molecule is Cc1cccc(NC(=O)CN2C(=O)CC(c3ccc(Cl)cc3)=Nc3ccccc32)c1C. The van der Waals surface area contributed by atoms with Crippen molar-refractivity contribution in [2.24, 2.45) is 4.99 Å². The van der Waals surface area contributed by atoms with Crippen LogP contribution in [0, 0.1) is 13.8 Å². The third kappa shape index (κ3) is 4.52. The number of carbonyl (C=O) groups excluding carboxylic acids is 2. The van der Waals surface area contributed by atoms with Gasteiger partial charge in [-0.1, -0.05) is 48.0 Å². The van der Waals surface area contributed by atoms with Gasteiger partial charge in [-0.2, -0.15) is 0 Å². The van der Waals surface area contributed by atoms with E-state index in [0.717, 1.165) is 22.4 Å². The molecule has 0 fully saturated rings. The molecule has 5 nitrogen and oxygen atoms in total. The van der Waals surface area contributed by atoms with Crippen molar-refractivity contribution in [1.82, 2.24) is 0 Å². The molecule has 1 heterocycles. The maximum atomic E-state index is 13.2. The van der Waals surface area contributed by atoms with E-state index in [4.69, 9.17) is 16.6 Å². The van der Waals surface area contributed by atoms with Gasteiger partial charge in [0.25, 0.3) is 0 Å². The number of hydrogen-bond donors (Lipinski definition) is 1. The van der Waals surface area contributed by atoms with Crippen molar-refractivity contribution in [3.05, 3.63) is 88.4 Å². The zero-order chi connectivity index (χ0) is 22.0. The molecular weight excluding hydrogens is 410 g/mol. The van der Waals surface area contributed by atoms with Crippen LogP contribution >= 0.6 is 11.6 Å². The van der Waals surface area contributed by atoms with Gasteiger partial charge >= 0.3 is 0 Å². The number of fused-ring (bicyclic) bond motifs is 1. The molecule has 3 aromatic rings. The lowest BCUT2D eigenvalue weighted by molar-refractivity contribution is -0.120. The van der Waals surface area contributed by atoms with Crippen molar-refractivity contribution in [3.8, 4) is 0 Å². The molecule has 0 atom stereocenters. The molecular formula is C25H22ClN3O2. The zero-order valence-electron chi connectivity index (χ0n) is 17.4. The van der Waals surface area contributed by atoms with Crippen molar-refractivity contribution in [1.29, 1.82) is 0 Å². The lowest BCUT2D eigenvalue weighted by atomic mass is 10.1. The quantitative estimate of drug-likeness (QED) is 0.596. The van der Waals surface area contributed by atoms with E-state index < -0.39 is 0 Å². The van der Waals surface area contributed by atoms with Gasteiger partial charge in [0.1, 0.15) is 6.54 Å². The molecule has 0 spiro atoms. The minimum atomic E-state index is -0.258. The number of aliphatic imine (C=N–C) groups is 1. The van der Waals surface area contributed by atoms with Gasteiger partial charge in [0.15, 0.2) is 0 Å². The number of aryl methyl sites for hydroxylation is 1. The average Bonchev–Trinajstić information content (AvgIpc) is 2.89. The Morgan fingerprint density at radius 2 is 1.77 bits per heavy atom. The van der Waals surface area contributed by atoms with E-state index in [0.29, 0.717) is 22.1 Å². The Kier molecular flexibility index (Phi) is 5.87. The summed E-state index contributed by atoms with van der Waals surface area (Å²) in [5.41, 5.74) is 5.59. The molecule has 0 radical (unpaired) electrons. The van der Waals surface area contributed by atoms with Crippen molar-refractivity contribution in [2.45, 2.75) is 20.3 Å². The van der Waals surface area contributed by atoms with Crippen LogP contribution in [0.1, 0.15) is 23.1 Å². The van der Waals surface area contributed by atoms with Gasteiger partial charge in [-0.3, -0.25) is 14.6 Å². The summed E-state index contributed by atoms with van der Waals surface area (Å²) in [6.45, 7) is 3.87. The number of anilines is 2. The third-order valence-electron chi connectivity index (χ3n) is 5.41. The molecule has 0 bridgehead atoms. The molecule has 0 aliphatic carbocycles. The Labute approximate surface area is 186 Å². The van der Waals surface area contributed by atoms with Crippen LogP contribution in [0.5, 0.6) is 0 Å². The Morgan fingerprint density at radius 3 is 2.55 bits per heavy atom. The fourth-order valence-electron chi connectivity index (χ4n) is 3.55. The average molecular weight is 432 g/mol. The first-order valence-corrected chi connectivity index (χ1v) is 10.4. The van der Waals surface area contributed by atoms with Crippen LogP contribution in [0.2, 0.25) is 5.02 Å². The summed E-state index contributed by atoms with van der Waals surface area (Å²) >= 11 is 6.00. The Hall–Kier alpha value is -3.44. The number of halogens is 1. The summed E-state index contributed by atoms with van der Waals surface area (Å²) in [7, 11) is 0. The molecule has 2 amide bonds. The second-order valence-electron chi connectivity index (χ2n) is 7.51. The molecule has 4 rings (SSSR count). The molecule has 0 aromatic heterocycles. The van der Waals surface area contributed by atoms with Crippen LogP contribution in [0.25, 0.3) is 0 Å². The number of nitrogens with one attached hydrogen (secondary N) is 1. The molecule has 3 aromatic carbocycles. The predicted octanol–water partition coefficient (Wildman–Crippen LogP) is 5.45. The second-order valence-corrected chi connectivity index (χ2v) is 7.94. The first-order chi connectivity index (χ1) is 14.9. The summed E-state index contributed by atoms with van der Waals surface area (Å²) in [5, 5.41) is 3.55. The molecule has 0 saturated carbocycles. The summed E-state index contributed by atoms with van der Waals surface area (Å²) in [5.74, 6) is -0.443. The maximum absolute atomic E-state index is 13.2. The standard InChI is InChI=1S/C25H22ClN3O2/c1-16-6-5-8-20(17(16)2)28-24(30)15-29-23-9-4-3-7-21(23)27-22(14-25(29)31)18-10-12-19(26)13-11-18/h3-13H,14-15H2,1-2H3,(H,28,30). The van der Waals surface area contributed by atoms with Crippen LogP contribution < -0.4 is 10.2 Å². The van der Waals surface area contributed by atoms with Gasteiger partial charge in [0.2, 0.25) is 11.8 Å². The van der Waals surface area contributed by atoms with Crippen LogP contribution in [-0.4, -0.2) is 24.1 Å². The predicted molar refractivity (Wildman–Crippen MR) is 126 cm³/mol. The van der Waals surface area contributed by atoms with E-state index >= 15 is 0 Å². The highest BCUT2D eigenvalue weighted by Crippen LogP contribution is 2.33. The van der Waals surface area contributed by atoms with Gasteiger partial charge < -0.3 is 10.2 Å². The number of rotatable bonds is 4. The minimum Gasteiger partial charge on any atom is -0.324 e. The molecule has 0 saturated heterocycles. The molecule has 1 aliphatic heterocycles. The summed E-state index contributed by atoms with van der Waals surface area (Å²) in [6.07, 6.45) is 0.0903. The minimum absolute atomic E-state index is 0.0903. The fraction of sp³-hybridized carbons (Fsp3) is 0.160. The van der Waals surface area contributed by atoms with E-state index in [-0.39, 0.29) is 24.8 Å². The maximum Gasteiger partial charge on any atom is 0.244 e. The Bertz CT molecular complexity index is 1190. The van der Waals surface area contributed by atoms with Crippen LogP contribution in [0.4, 0.5) is 17.1 Å². The number of carbonyl (C=O) groups is 2. The smallest absolute Gasteiger partial charge is 0.244 e.